The van der Waals surface area contributed by atoms with E-state index in [9.17, 15) is 0 Å². The molecule has 0 bridgehead atoms. The minimum atomic E-state index is 0.134. The summed E-state index contributed by atoms with van der Waals surface area (Å²) in [5.41, 5.74) is 6.58. The molecule has 0 fully saturated rings. The molecule has 0 spiro atoms. The fourth-order valence-corrected chi connectivity index (χ4v) is 3.70. The molecule has 1 aromatic carbocycles. The Bertz CT molecular complexity index is 439. The maximum atomic E-state index is 8.97. The Morgan fingerprint density at radius 2 is 2.11 bits per heavy atom. The van der Waals surface area contributed by atoms with Crippen LogP contribution in [0.4, 0.5) is 0 Å². The van der Waals surface area contributed by atoms with Crippen LogP contribution in [-0.2, 0) is 0 Å². The highest BCUT2D eigenvalue weighted by Crippen LogP contribution is 2.34. The molecule has 0 radical (unpaired) electrons. The van der Waals surface area contributed by atoms with Gasteiger partial charge in [0.25, 0.3) is 0 Å². The van der Waals surface area contributed by atoms with Crippen molar-refractivity contribution < 1.29 is 10.3 Å². The molecule has 0 amide bonds. The number of benzene rings is 1. The summed E-state index contributed by atoms with van der Waals surface area (Å²) in [6.07, 6.45) is 0.714. The molecule has 106 valence electrons. The minimum absolute atomic E-state index is 0.134. The first-order valence-corrected chi connectivity index (χ1v) is 8.01. The summed E-state index contributed by atoms with van der Waals surface area (Å²) in [6, 6.07) is 5.91. The molecule has 4 N–H and O–H groups in total. The lowest BCUT2D eigenvalue weighted by molar-refractivity contribution is 0.289. The average molecular weight is 300 g/mol. The lowest BCUT2D eigenvalue weighted by Gasteiger charge is -2.15. The van der Waals surface area contributed by atoms with Gasteiger partial charge in [-0.2, -0.15) is 0 Å². The predicted octanol–water partition coefficient (Wildman–Crippen LogP) is 2.76. The van der Waals surface area contributed by atoms with Crippen LogP contribution in [-0.4, -0.2) is 33.8 Å². The zero-order valence-electron chi connectivity index (χ0n) is 11.2. The Morgan fingerprint density at radius 3 is 2.68 bits per heavy atom. The summed E-state index contributed by atoms with van der Waals surface area (Å²) in [4.78, 5) is 1.99. The molecule has 1 aromatic rings. The van der Waals surface area contributed by atoms with Gasteiger partial charge in [0, 0.05) is 27.2 Å². The number of rotatable bonds is 7. The fourth-order valence-electron chi connectivity index (χ4n) is 1.64. The van der Waals surface area contributed by atoms with Crippen molar-refractivity contribution in [3.63, 3.8) is 0 Å². The van der Waals surface area contributed by atoms with Crippen molar-refractivity contribution in [3.8, 4) is 0 Å². The fraction of sp³-hybridized carbons (Fsp3) is 0.462. The normalized spacial score (nSPS) is 13.5. The molecule has 0 aliphatic carbocycles. The third kappa shape index (κ3) is 4.63. The molecule has 0 aliphatic heterocycles. The van der Waals surface area contributed by atoms with Crippen molar-refractivity contribution >= 4 is 29.4 Å². The summed E-state index contributed by atoms with van der Waals surface area (Å²) in [6.45, 7) is 4.28. The average Bonchev–Trinajstić information content (AvgIpc) is 2.39. The van der Waals surface area contributed by atoms with E-state index in [1.54, 1.807) is 23.5 Å². The van der Waals surface area contributed by atoms with E-state index >= 15 is 0 Å². The summed E-state index contributed by atoms with van der Waals surface area (Å²) >= 11 is 3.30. The Balaban J connectivity index is 3.11. The van der Waals surface area contributed by atoms with Crippen LogP contribution in [0, 0.1) is 0 Å². The molecule has 6 heteroatoms. The van der Waals surface area contributed by atoms with Gasteiger partial charge in [0.2, 0.25) is 0 Å². The zero-order chi connectivity index (χ0) is 14.3. The number of nitrogens with zero attached hydrogens (tertiary/aromatic N) is 1. The Hall–Kier alpha value is -0.850. The molecule has 0 saturated carbocycles. The third-order valence-electron chi connectivity index (χ3n) is 2.52. The Kier molecular flexibility index (Phi) is 7.12. The van der Waals surface area contributed by atoms with Crippen molar-refractivity contribution in [1.82, 2.24) is 0 Å². The predicted molar refractivity (Wildman–Crippen MR) is 82.4 cm³/mol. The first kappa shape index (κ1) is 16.2. The van der Waals surface area contributed by atoms with Crippen LogP contribution in [0.5, 0.6) is 0 Å². The summed E-state index contributed by atoms with van der Waals surface area (Å²) in [5, 5.41) is 21.3. The lowest BCUT2D eigenvalue weighted by Crippen LogP contribution is -2.16. The maximum absolute atomic E-state index is 8.97. The standard InChI is InChI=1S/C13H20N2O2S2/c1-3-18-10-5-4-6-11(12(10)13(14)15-17)19-9(2)7-8-16/h4-6,9,16-17H,3,7-8H2,1-2H3,(H2,14,15). The first-order chi connectivity index (χ1) is 9.13. The largest absolute Gasteiger partial charge is 0.409 e. The molecule has 0 saturated heterocycles. The van der Waals surface area contributed by atoms with E-state index in [4.69, 9.17) is 16.0 Å². The topological polar surface area (TPSA) is 78.8 Å². The maximum Gasteiger partial charge on any atom is 0.172 e. The quantitative estimate of drug-likeness (QED) is 0.237. The summed E-state index contributed by atoms with van der Waals surface area (Å²) < 4.78 is 0. The number of nitrogens with two attached hydrogens (primary N) is 1. The van der Waals surface area contributed by atoms with Crippen molar-refractivity contribution in [3.05, 3.63) is 23.8 Å². The van der Waals surface area contributed by atoms with Gasteiger partial charge >= 0.3 is 0 Å². The van der Waals surface area contributed by atoms with E-state index in [1.807, 2.05) is 18.2 Å². The van der Waals surface area contributed by atoms with Gasteiger partial charge in [0.1, 0.15) is 0 Å². The minimum Gasteiger partial charge on any atom is -0.409 e. The number of oxime groups is 1. The molecule has 4 nitrogen and oxygen atoms in total. The van der Waals surface area contributed by atoms with Gasteiger partial charge in [-0.05, 0) is 24.3 Å². The molecule has 1 unspecified atom stereocenters. The van der Waals surface area contributed by atoms with E-state index in [1.165, 1.54) is 0 Å². The Morgan fingerprint density at radius 1 is 1.42 bits per heavy atom. The highest BCUT2D eigenvalue weighted by Gasteiger charge is 2.15. The van der Waals surface area contributed by atoms with Crippen molar-refractivity contribution in [1.29, 1.82) is 0 Å². The van der Waals surface area contributed by atoms with Crippen LogP contribution >= 0.6 is 23.5 Å². The molecule has 1 atom stereocenters. The number of hydrogen-bond donors (Lipinski definition) is 3. The highest BCUT2D eigenvalue weighted by atomic mass is 32.2. The lowest BCUT2D eigenvalue weighted by atomic mass is 10.2. The molecule has 0 aromatic heterocycles. The molecule has 0 heterocycles. The first-order valence-electron chi connectivity index (χ1n) is 6.15. The Labute approximate surface area is 122 Å². The molecular weight excluding hydrogens is 280 g/mol. The summed E-state index contributed by atoms with van der Waals surface area (Å²) in [7, 11) is 0. The van der Waals surface area contributed by atoms with Crippen LogP contribution < -0.4 is 5.73 Å². The number of thioether (sulfide) groups is 2. The molecule has 19 heavy (non-hydrogen) atoms. The van der Waals surface area contributed by atoms with Crippen LogP contribution in [0.1, 0.15) is 25.8 Å². The van der Waals surface area contributed by atoms with Crippen LogP contribution in [0.25, 0.3) is 0 Å². The summed E-state index contributed by atoms with van der Waals surface area (Å²) in [5.74, 6) is 1.06. The van der Waals surface area contributed by atoms with E-state index < -0.39 is 0 Å². The molecule has 0 aliphatic rings. The molecule has 1 rings (SSSR count). The van der Waals surface area contributed by atoms with E-state index in [-0.39, 0.29) is 17.7 Å². The number of hydrogen-bond acceptors (Lipinski definition) is 5. The van der Waals surface area contributed by atoms with E-state index in [0.29, 0.717) is 6.42 Å². The van der Waals surface area contributed by atoms with E-state index in [0.717, 1.165) is 21.1 Å². The SMILES string of the molecule is CCSc1cccc(SC(C)CCO)c1/C(N)=N/O. The van der Waals surface area contributed by atoms with Crippen LogP contribution in [0.3, 0.4) is 0 Å². The number of amidine groups is 1. The second-order valence-electron chi connectivity index (χ2n) is 3.99. The van der Waals surface area contributed by atoms with Gasteiger partial charge in [0.05, 0.1) is 0 Å². The van der Waals surface area contributed by atoms with Crippen LogP contribution in [0.2, 0.25) is 0 Å². The second-order valence-corrected chi connectivity index (χ2v) is 6.77. The zero-order valence-corrected chi connectivity index (χ0v) is 12.8. The van der Waals surface area contributed by atoms with Gasteiger partial charge in [-0.15, -0.1) is 23.5 Å². The van der Waals surface area contributed by atoms with E-state index in [2.05, 4.69) is 19.0 Å². The monoisotopic (exact) mass is 300 g/mol. The smallest absolute Gasteiger partial charge is 0.172 e. The van der Waals surface area contributed by atoms with Gasteiger partial charge in [-0.3, -0.25) is 0 Å². The molecular formula is C13H20N2O2S2. The van der Waals surface area contributed by atoms with Crippen molar-refractivity contribution in [2.45, 2.75) is 35.3 Å². The van der Waals surface area contributed by atoms with Gasteiger partial charge in [-0.1, -0.05) is 25.1 Å². The van der Waals surface area contributed by atoms with Crippen molar-refractivity contribution in [2.24, 2.45) is 10.9 Å². The second kappa shape index (κ2) is 8.35. The number of aliphatic hydroxyl groups is 1. The third-order valence-corrected chi connectivity index (χ3v) is 4.69. The van der Waals surface area contributed by atoms with Crippen LogP contribution in [0.15, 0.2) is 33.1 Å². The highest BCUT2D eigenvalue weighted by molar-refractivity contribution is 8.00. The van der Waals surface area contributed by atoms with Gasteiger partial charge in [0.15, 0.2) is 5.84 Å². The van der Waals surface area contributed by atoms with Crippen molar-refractivity contribution in [2.75, 3.05) is 12.4 Å². The van der Waals surface area contributed by atoms with Gasteiger partial charge < -0.3 is 16.0 Å². The van der Waals surface area contributed by atoms with Gasteiger partial charge in [-0.25, -0.2) is 0 Å². The number of aliphatic hydroxyl groups excluding tert-OH is 1.